The van der Waals surface area contributed by atoms with Crippen molar-refractivity contribution in [1.82, 2.24) is 0 Å². The van der Waals surface area contributed by atoms with Crippen LogP contribution in [0.4, 0.5) is 5.69 Å². The van der Waals surface area contributed by atoms with E-state index in [4.69, 9.17) is 0 Å². The first kappa shape index (κ1) is 14.6. The highest BCUT2D eigenvalue weighted by Crippen LogP contribution is 2.30. The van der Waals surface area contributed by atoms with Crippen molar-refractivity contribution in [3.8, 4) is 0 Å². The molecule has 0 unspecified atom stereocenters. The van der Waals surface area contributed by atoms with Crippen molar-refractivity contribution >= 4 is 33.0 Å². The molecule has 0 aliphatic rings. The van der Waals surface area contributed by atoms with Gasteiger partial charge in [0, 0.05) is 26.5 Å². The molecule has 0 aliphatic carbocycles. The van der Waals surface area contributed by atoms with Gasteiger partial charge in [0.1, 0.15) is 0 Å². The Morgan fingerprint density at radius 3 is 2.53 bits per heavy atom. The maximum absolute atomic E-state index is 3.52. The molecule has 1 aromatic heterocycles. The van der Waals surface area contributed by atoms with E-state index in [0.717, 1.165) is 11.0 Å². The molecule has 0 atom stereocenters. The quantitative estimate of drug-likeness (QED) is 0.754. The van der Waals surface area contributed by atoms with E-state index >= 15 is 0 Å². The fourth-order valence-electron chi connectivity index (χ4n) is 1.84. The van der Waals surface area contributed by atoms with Gasteiger partial charge in [0.25, 0.3) is 0 Å². The molecule has 1 N–H and O–H groups in total. The first-order valence-electron chi connectivity index (χ1n) is 6.45. The van der Waals surface area contributed by atoms with Crippen LogP contribution in [0.5, 0.6) is 0 Å². The zero-order chi connectivity index (χ0) is 14.0. The van der Waals surface area contributed by atoms with Gasteiger partial charge in [0.05, 0.1) is 0 Å². The molecule has 2 aromatic rings. The van der Waals surface area contributed by atoms with Gasteiger partial charge >= 0.3 is 0 Å². The second-order valence-corrected chi connectivity index (χ2v) is 7.91. The molecule has 19 heavy (non-hydrogen) atoms. The summed E-state index contributed by atoms with van der Waals surface area (Å²) in [6, 6.07) is 10.8. The molecule has 102 valence electrons. The van der Waals surface area contributed by atoms with Crippen molar-refractivity contribution in [1.29, 1.82) is 0 Å². The SMILES string of the molecule is Cc1ccc(Br)cc1NCc1ccc(C(C)(C)C)s1. The maximum atomic E-state index is 3.52. The molecule has 3 heteroatoms. The lowest BCUT2D eigenvalue weighted by atomic mass is 9.95. The number of anilines is 1. The zero-order valence-corrected chi connectivity index (χ0v) is 14.3. The van der Waals surface area contributed by atoms with Crippen molar-refractivity contribution in [3.05, 3.63) is 50.1 Å². The lowest BCUT2D eigenvalue weighted by Crippen LogP contribution is -2.07. The van der Waals surface area contributed by atoms with E-state index in [-0.39, 0.29) is 5.41 Å². The Kier molecular flexibility index (Phi) is 4.36. The molecule has 0 bridgehead atoms. The summed E-state index contributed by atoms with van der Waals surface area (Å²) in [6.07, 6.45) is 0. The monoisotopic (exact) mass is 337 g/mol. The summed E-state index contributed by atoms with van der Waals surface area (Å²) >= 11 is 5.41. The number of thiophene rings is 1. The molecule has 1 heterocycles. The van der Waals surface area contributed by atoms with Gasteiger partial charge in [-0.3, -0.25) is 0 Å². The third kappa shape index (κ3) is 3.83. The third-order valence-corrected chi connectivity index (χ3v) is 5.06. The predicted molar refractivity (Wildman–Crippen MR) is 89.2 cm³/mol. The Bertz CT molecular complexity index is 566. The van der Waals surface area contributed by atoms with Gasteiger partial charge in [-0.15, -0.1) is 11.3 Å². The number of benzene rings is 1. The minimum atomic E-state index is 0.245. The number of rotatable bonds is 3. The highest BCUT2D eigenvalue weighted by molar-refractivity contribution is 9.10. The number of nitrogens with one attached hydrogen (secondary N) is 1. The number of aryl methyl sites for hydroxylation is 1. The van der Waals surface area contributed by atoms with Gasteiger partial charge in [-0.05, 0) is 42.2 Å². The van der Waals surface area contributed by atoms with E-state index in [1.54, 1.807) is 0 Å². The minimum Gasteiger partial charge on any atom is -0.380 e. The van der Waals surface area contributed by atoms with Crippen LogP contribution >= 0.6 is 27.3 Å². The highest BCUT2D eigenvalue weighted by atomic mass is 79.9. The van der Waals surface area contributed by atoms with E-state index in [9.17, 15) is 0 Å². The van der Waals surface area contributed by atoms with Crippen LogP contribution in [0, 0.1) is 6.92 Å². The molecule has 0 radical (unpaired) electrons. The van der Waals surface area contributed by atoms with Crippen molar-refractivity contribution in [3.63, 3.8) is 0 Å². The summed E-state index contributed by atoms with van der Waals surface area (Å²) in [5, 5.41) is 3.52. The molecule has 0 amide bonds. The van der Waals surface area contributed by atoms with Crippen LogP contribution in [0.1, 0.15) is 36.1 Å². The highest BCUT2D eigenvalue weighted by Gasteiger charge is 2.15. The third-order valence-electron chi connectivity index (χ3n) is 3.05. The Morgan fingerprint density at radius 2 is 1.89 bits per heavy atom. The van der Waals surface area contributed by atoms with Crippen LogP contribution in [0.3, 0.4) is 0 Å². The zero-order valence-electron chi connectivity index (χ0n) is 11.9. The lowest BCUT2D eigenvalue weighted by molar-refractivity contribution is 0.604. The molecular formula is C16H20BrNS. The molecule has 0 spiro atoms. The molecule has 0 saturated carbocycles. The minimum absolute atomic E-state index is 0.245. The largest absolute Gasteiger partial charge is 0.380 e. The Morgan fingerprint density at radius 1 is 1.16 bits per heavy atom. The number of hydrogen-bond donors (Lipinski definition) is 1. The van der Waals surface area contributed by atoms with Gasteiger partial charge in [0.2, 0.25) is 0 Å². The summed E-state index contributed by atoms with van der Waals surface area (Å²) in [5.74, 6) is 0. The van der Waals surface area contributed by atoms with Crippen LogP contribution in [0.2, 0.25) is 0 Å². The predicted octanol–water partition coefficient (Wildman–Crippen LogP) is 5.73. The fourth-order valence-corrected chi connectivity index (χ4v) is 3.21. The van der Waals surface area contributed by atoms with Gasteiger partial charge in [-0.25, -0.2) is 0 Å². The number of halogens is 1. The normalized spacial score (nSPS) is 11.6. The summed E-state index contributed by atoms with van der Waals surface area (Å²) in [6.45, 7) is 9.79. The van der Waals surface area contributed by atoms with Crippen LogP contribution in [0.15, 0.2) is 34.8 Å². The van der Waals surface area contributed by atoms with E-state index < -0.39 is 0 Å². The second kappa shape index (κ2) is 5.68. The molecule has 0 fully saturated rings. The van der Waals surface area contributed by atoms with Crippen molar-refractivity contribution in [2.24, 2.45) is 0 Å². The Hall–Kier alpha value is -0.800. The Labute approximate surface area is 128 Å². The molecule has 1 aromatic carbocycles. The van der Waals surface area contributed by atoms with Gasteiger partial charge in [0.15, 0.2) is 0 Å². The summed E-state index contributed by atoms with van der Waals surface area (Å²) < 4.78 is 1.11. The van der Waals surface area contributed by atoms with Crippen molar-refractivity contribution in [2.75, 3.05) is 5.32 Å². The molecule has 1 nitrogen and oxygen atoms in total. The van der Waals surface area contributed by atoms with Gasteiger partial charge in [-0.2, -0.15) is 0 Å². The topological polar surface area (TPSA) is 12.0 Å². The van der Waals surface area contributed by atoms with Crippen molar-refractivity contribution in [2.45, 2.75) is 39.7 Å². The van der Waals surface area contributed by atoms with Crippen LogP contribution < -0.4 is 5.32 Å². The standard InChI is InChI=1S/C16H20BrNS/c1-11-5-6-12(17)9-14(11)18-10-13-7-8-15(19-13)16(2,3)4/h5-9,18H,10H2,1-4H3. The second-order valence-electron chi connectivity index (χ2n) is 5.83. The van der Waals surface area contributed by atoms with Crippen LogP contribution in [0.25, 0.3) is 0 Å². The summed E-state index contributed by atoms with van der Waals surface area (Å²) in [4.78, 5) is 2.82. The number of hydrogen-bond acceptors (Lipinski definition) is 2. The van der Waals surface area contributed by atoms with Gasteiger partial charge < -0.3 is 5.32 Å². The average Bonchev–Trinajstić information content (AvgIpc) is 2.79. The molecule has 0 saturated heterocycles. The van der Waals surface area contributed by atoms with Crippen LogP contribution in [-0.4, -0.2) is 0 Å². The van der Waals surface area contributed by atoms with Crippen LogP contribution in [-0.2, 0) is 12.0 Å². The van der Waals surface area contributed by atoms with E-state index in [1.165, 1.54) is 21.0 Å². The first-order chi connectivity index (χ1) is 8.86. The van der Waals surface area contributed by atoms with Crippen molar-refractivity contribution < 1.29 is 0 Å². The summed E-state index contributed by atoms with van der Waals surface area (Å²) in [7, 11) is 0. The van der Waals surface area contributed by atoms with E-state index in [2.05, 4.69) is 79.3 Å². The Balaban J connectivity index is 2.06. The lowest BCUT2D eigenvalue weighted by Gasteiger charge is -2.15. The fraction of sp³-hybridized carbons (Fsp3) is 0.375. The van der Waals surface area contributed by atoms with Gasteiger partial charge in [-0.1, -0.05) is 42.8 Å². The van der Waals surface area contributed by atoms with E-state index in [1.807, 2.05) is 11.3 Å². The maximum Gasteiger partial charge on any atom is 0.0494 e. The average molecular weight is 338 g/mol. The molecule has 0 aliphatic heterocycles. The molecular weight excluding hydrogens is 318 g/mol. The smallest absolute Gasteiger partial charge is 0.0494 e. The first-order valence-corrected chi connectivity index (χ1v) is 8.06. The molecule has 2 rings (SSSR count). The summed E-state index contributed by atoms with van der Waals surface area (Å²) in [5.41, 5.74) is 2.71. The van der Waals surface area contributed by atoms with E-state index in [0.29, 0.717) is 0 Å².